The molecule has 0 aromatic rings. The predicted octanol–water partition coefficient (Wildman–Crippen LogP) is 2.59. The Balaban J connectivity index is 1.63. The number of hydrogen-bond acceptors (Lipinski definition) is 3. The first-order valence-corrected chi connectivity index (χ1v) is 8.38. The van der Waals surface area contributed by atoms with Gasteiger partial charge < -0.3 is 5.32 Å². The molecule has 0 amide bonds. The topological polar surface area (TPSA) is 15.3 Å². The van der Waals surface area contributed by atoms with Gasteiger partial charge in [-0.2, -0.15) is 11.8 Å². The van der Waals surface area contributed by atoms with E-state index in [1.807, 2.05) is 0 Å². The maximum atomic E-state index is 3.52. The number of thioether (sulfide) groups is 1. The summed E-state index contributed by atoms with van der Waals surface area (Å²) in [6.45, 7) is 9.92. The van der Waals surface area contributed by atoms with Crippen LogP contribution in [-0.2, 0) is 0 Å². The average molecular weight is 256 g/mol. The molecule has 0 spiro atoms. The summed E-state index contributed by atoms with van der Waals surface area (Å²) in [4.78, 5) is 2.71. The quantitative estimate of drug-likeness (QED) is 0.832. The standard InChI is InChI=1S/C14H28N2S/c1-12-13(2)17-10-9-16(12)8-4-6-14-5-3-7-15-11-14/h12-15H,3-11H2,1-2H3. The monoisotopic (exact) mass is 256 g/mol. The Morgan fingerprint density at radius 2 is 2.24 bits per heavy atom. The minimum absolute atomic E-state index is 0.776. The molecule has 2 saturated heterocycles. The number of rotatable bonds is 4. The van der Waals surface area contributed by atoms with E-state index in [1.165, 1.54) is 57.6 Å². The molecule has 0 aromatic heterocycles. The molecule has 3 heteroatoms. The minimum atomic E-state index is 0.776. The molecule has 2 fully saturated rings. The molecule has 2 aliphatic rings. The van der Waals surface area contributed by atoms with Crippen LogP contribution in [0.1, 0.15) is 39.5 Å². The minimum Gasteiger partial charge on any atom is -0.316 e. The summed E-state index contributed by atoms with van der Waals surface area (Å²) in [7, 11) is 0. The van der Waals surface area contributed by atoms with Crippen molar-refractivity contribution in [2.75, 3.05) is 31.9 Å². The molecule has 17 heavy (non-hydrogen) atoms. The van der Waals surface area contributed by atoms with Gasteiger partial charge in [-0.05, 0) is 58.2 Å². The molecule has 100 valence electrons. The molecule has 2 rings (SSSR count). The molecule has 3 atom stereocenters. The Morgan fingerprint density at radius 3 is 3.00 bits per heavy atom. The van der Waals surface area contributed by atoms with Gasteiger partial charge in [0.2, 0.25) is 0 Å². The zero-order chi connectivity index (χ0) is 12.1. The van der Waals surface area contributed by atoms with Crippen molar-refractivity contribution in [2.24, 2.45) is 5.92 Å². The normalized spacial score (nSPS) is 36.0. The first-order valence-electron chi connectivity index (χ1n) is 7.33. The molecule has 0 saturated carbocycles. The third kappa shape index (κ3) is 4.15. The van der Waals surface area contributed by atoms with Crippen molar-refractivity contribution < 1.29 is 0 Å². The average Bonchev–Trinajstić information content (AvgIpc) is 2.36. The van der Waals surface area contributed by atoms with E-state index in [9.17, 15) is 0 Å². The smallest absolute Gasteiger partial charge is 0.0184 e. The Kier molecular flexibility index (Phi) is 5.64. The third-order valence-corrected chi connectivity index (χ3v) is 5.81. The lowest BCUT2D eigenvalue weighted by Gasteiger charge is -2.37. The largest absolute Gasteiger partial charge is 0.316 e. The Bertz CT molecular complexity index is 216. The molecule has 2 heterocycles. The van der Waals surface area contributed by atoms with Crippen molar-refractivity contribution in [3.63, 3.8) is 0 Å². The fourth-order valence-corrected chi connectivity index (χ4v) is 4.23. The summed E-state index contributed by atoms with van der Waals surface area (Å²) in [6, 6.07) is 0.776. The lowest BCUT2D eigenvalue weighted by molar-refractivity contribution is 0.201. The van der Waals surface area contributed by atoms with Crippen LogP contribution in [-0.4, -0.2) is 48.1 Å². The van der Waals surface area contributed by atoms with Gasteiger partial charge in [0.15, 0.2) is 0 Å². The maximum Gasteiger partial charge on any atom is 0.0184 e. The zero-order valence-electron chi connectivity index (χ0n) is 11.5. The van der Waals surface area contributed by atoms with Crippen LogP contribution >= 0.6 is 11.8 Å². The highest BCUT2D eigenvalue weighted by molar-refractivity contribution is 8.00. The molecular weight excluding hydrogens is 228 g/mol. The van der Waals surface area contributed by atoms with Gasteiger partial charge in [-0.1, -0.05) is 6.92 Å². The van der Waals surface area contributed by atoms with E-state index in [2.05, 4.69) is 35.8 Å². The fourth-order valence-electron chi connectivity index (χ4n) is 3.06. The van der Waals surface area contributed by atoms with Crippen molar-refractivity contribution in [3.05, 3.63) is 0 Å². The molecule has 0 aliphatic carbocycles. The van der Waals surface area contributed by atoms with E-state index in [0.29, 0.717) is 0 Å². The van der Waals surface area contributed by atoms with Crippen molar-refractivity contribution in [1.82, 2.24) is 10.2 Å². The second-order valence-electron chi connectivity index (χ2n) is 5.71. The molecule has 0 bridgehead atoms. The number of nitrogens with one attached hydrogen (secondary N) is 1. The van der Waals surface area contributed by atoms with Crippen molar-refractivity contribution >= 4 is 11.8 Å². The van der Waals surface area contributed by atoms with Crippen LogP contribution in [0.5, 0.6) is 0 Å². The van der Waals surface area contributed by atoms with E-state index in [-0.39, 0.29) is 0 Å². The van der Waals surface area contributed by atoms with E-state index in [0.717, 1.165) is 17.2 Å². The van der Waals surface area contributed by atoms with Crippen LogP contribution in [0.15, 0.2) is 0 Å². The van der Waals surface area contributed by atoms with Gasteiger partial charge in [-0.25, -0.2) is 0 Å². The molecule has 0 radical (unpaired) electrons. The van der Waals surface area contributed by atoms with Crippen LogP contribution in [0.4, 0.5) is 0 Å². The van der Waals surface area contributed by atoms with Gasteiger partial charge in [-0.15, -0.1) is 0 Å². The van der Waals surface area contributed by atoms with Gasteiger partial charge >= 0.3 is 0 Å². The molecular formula is C14H28N2S. The molecule has 3 unspecified atom stereocenters. The molecule has 0 aromatic carbocycles. The van der Waals surface area contributed by atoms with Gasteiger partial charge in [0, 0.05) is 23.6 Å². The van der Waals surface area contributed by atoms with Gasteiger partial charge in [-0.3, -0.25) is 4.90 Å². The first-order chi connectivity index (χ1) is 8.27. The van der Waals surface area contributed by atoms with E-state index in [4.69, 9.17) is 0 Å². The highest BCUT2D eigenvalue weighted by Crippen LogP contribution is 2.25. The Hall–Kier alpha value is 0.270. The summed E-state index contributed by atoms with van der Waals surface area (Å²) in [6.07, 6.45) is 5.67. The van der Waals surface area contributed by atoms with Gasteiger partial charge in [0.05, 0.1) is 0 Å². The fraction of sp³-hybridized carbons (Fsp3) is 1.00. The van der Waals surface area contributed by atoms with E-state index >= 15 is 0 Å². The number of nitrogens with zero attached hydrogens (tertiary/aromatic N) is 1. The summed E-state index contributed by atoms with van der Waals surface area (Å²) in [5, 5.41) is 4.34. The summed E-state index contributed by atoms with van der Waals surface area (Å²) in [5.74, 6) is 2.28. The third-order valence-electron chi connectivity index (χ3n) is 4.47. The van der Waals surface area contributed by atoms with E-state index < -0.39 is 0 Å². The Labute approximate surface area is 111 Å². The van der Waals surface area contributed by atoms with Crippen LogP contribution in [0.3, 0.4) is 0 Å². The highest BCUT2D eigenvalue weighted by atomic mass is 32.2. The van der Waals surface area contributed by atoms with Crippen molar-refractivity contribution in [2.45, 2.75) is 50.8 Å². The van der Waals surface area contributed by atoms with E-state index in [1.54, 1.807) is 0 Å². The second kappa shape index (κ2) is 7.01. The van der Waals surface area contributed by atoms with Crippen LogP contribution < -0.4 is 5.32 Å². The molecule has 2 nitrogen and oxygen atoms in total. The number of hydrogen-bond donors (Lipinski definition) is 1. The predicted molar refractivity (Wildman–Crippen MR) is 77.8 cm³/mol. The van der Waals surface area contributed by atoms with Crippen LogP contribution in [0.2, 0.25) is 0 Å². The lowest BCUT2D eigenvalue weighted by atomic mass is 9.94. The summed E-state index contributed by atoms with van der Waals surface area (Å²) < 4.78 is 0. The number of piperidine rings is 1. The molecule has 2 aliphatic heterocycles. The SMILES string of the molecule is CC1SCCN(CCCC2CCCNC2)C1C. The highest BCUT2D eigenvalue weighted by Gasteiger charge is 2.24. The lowest BCUT2D eigenvalue weighted by Crippen LogP contribution is -2.45. The van der Waals surface area contributed by atoms with Gasteiger partial charge in [0.25, 0.3) is 0 Å². The summed E-state index contributed by atoms with van der Waals surface area (Å²) >= 11 is 2.14. The maximum absolute atomic E-state index is 3.52. The van der Waals surface area contributed by atoms with Crippen LogP contribution in [0.25, 0.3) is 0 Å². The van der Waals surface area contributed by atoms with Crippen molar-refractivity contribution in [3.8, 4) is 0 Å². The van der Waals surface area contributed by atoms with Crippen molar-refractivity contribution in [1.29, 1.82) is 0 Å². The Morgan fingerprint density at radius 1 is 1.35 bits per heavy atom. The van der Waals surface area contributed by atoms with Crippen LogP contribution in [0, 0.1) is 5.92 Å². The zero-order valence-corrected chi connectivity index (χ0v) is 12.3. The van der Waals surface area contributed by atoms with Gasteiger partial charge in [0.1, 0.15) is 0 Å². The molecule has 1 N–H and O–H groups in total. The first kappa shape index (κ1) is 13.7. The summed E-state index contributed by atoms with van der Waals surface area (Å²) in [5.41, 5.74) is 0. The second-order valence-corrected chi connectivity index (χ2v) is 7.19.